The molecule has 0 fully saturated rings. The Morgan fingerprint density at radius 1 is 1.43 bits per heavy atom. The molecule has 21 heavy (non-hydrogen) atoms. The van der Waals surface area contributed by atoms with E-state index in [9.17, 15) is 9.18 Å². The third-order valence-corrected chi connectivity index (χ3v) is 3.67. The normalized spacial score (nSPS) is 13.8. The number of aromatic nitrogens is 2. The first-order valence-electron chi connectivity index (χ1n) is 6.88. The second kappa shape index (κ2) is 5.20. The summed E-state index contributed by atoms with van der Waals surface area (Å²) in [5.41, 5.74) is 3.85. The lowest BCUT2D eigenvalue weighted by Gasteiger charge is -2.18. The van der Waals surface area contributed by atoms with Gasteiger partial charge in [0.1, 0.15) is 5.82 Å². The Hall–Kier alpha value is -2.37. The van der Waals surface area contributed by atoms with Gasteiger partial charge in [-0.1, -0.05) is 0 Å². The van der Waals surface area contributed by atoms with Gasteiger partial charge in [-0.25, -0.2) is 4.39 Å². The molecular formula is C15H17FN4O. The van der Waals surface area contributed by atoms with Gasteiger partial charge in [-0.05, 0) is 31.0 Å². The number of fused-ring (bicyclic) bond motifs is 1. The highest BCUT2D eigenvalue weighted by Crippen LogP contribution is 2.29. The number of nitrogens with zero attached hydrogens (tertiary/aromatic N) is 2. The van der Waals surface area contributed by atoms with Crippen LogP contribution in [0.5, 0.6) is 0 Å². The minimum atomic E-state index is -0.300. The van der Waals surface area contributed by atoms with E-state index in [0.29, 0.717) is 30.8 Å². The first-order chi connectivity index (χ1) is 10.0. The summed E-state index contributed by atoms with van der Waals surface area (Å²) in [6.45, 7) is 2.41. The summed E-state index contributed by atoms with van der Waals surface area (Å²) >= 11 is 0. The molecule has 5 nitrogen and oxygen atoms in total. The van der Waals surface area contributed by atoms with Crippen molar-refractivity contribution in [3.05, 3.63) is 41.0 Å². The summed E-state index contributed by atoms with van der Waals surface area (Å²) in [6.07, 6.45) is 2.90. The second-order valence-corrected chi connectivity index (χ2v) is 5.30. The van der Waals surface area contributed by atoms with Crippen molar-refractivity contribution in [2.24, 2.45) is 7.05 Å². The highest BCUT2D eigenvalue weighted by Gasteiger charge is 2.17. The van der Waals surface area contributed by atoms with Crippen LogP contribution < -0.4 is 10.6 Å². The number of carbonyl (C=O) groups excluding carboxylic acids is 1. The van der Waals surface area contributed by atoms with Crippen LogP contribution in [0, 0.1) is 12.7 Å². The molecule has 0 saturated carbocycles. The van der Waals surface area contributed by atoms with Crippen molar-refractivity contribution in [3.8, 4) is 0 Å². The number of carbonyl (C=O) groups is 1. The molecule has 0 spiro atoms. The molecule has 1 amide bonds. The van der Waals surface area contributed by atoms with Crippen LogP contribution in [0.15, 0.2) is 18.3 Å². The van der Waals surface area contributed by atoms with E-state index < -0.39 is 0 Å². The van der Waals surface area contributed by atoms with E-state index in [1.807, 2.05) is 20.2 Å². The van der Waals surface area contributed by atoms with Gasteiger partial charge in [-0.3, -0.25) is 9.48 Å². The van der Waals surface area contributed by atoms with Gasteiger partial charge in [0, 0.05) is 37.5 Å². The van der Waals surface area contributed by atoms with Crippen LogP contribution in [0.25, 0.3) is 0 Å². The average Bonchev–Trinajstić information content (AvgIpc) is 2.75. The van der Waals surface area contributed by atoms with Crippen molar-refractivity contribution in [2.75, 3.05) is 10.6 Å². The van der Waals surface area contributed by atoms with E-state index in [1.165, 1.54) is 6.07 Å². The Balaban J connectivity index is 1.81. The largest absolute Gasteiger partial charge is 0.378 e. The predicted molar refractivity (Wildman–Crippen MR) is 78.6 cm³/mol. The van der Waals surface area contributed by atoms with Gasteiger partial charge < -0.3 is 10.6 Å². The Morgan fingerprint density at radius 3 is 2.95 bits per heavy atom. The van der Waals surface area contributed by atoms with E-state index in [0.717, 1.165) is 16.8 Å². The van der Waals surface area contributed by atoms with Crippen molar-refractivity contribution < 1.29 is 9.18 Å². The average molecular weight is 288 g/mol. The Morgan fingerprint density at radius 2 is 2.24 bits per heavy atom. The number of amides is 1. The fourth-order valence-electron chi connectivity index (χ4n) is 2.55. The van der Waals surface area contributed by atoms with Crippen molar-refractivity contribution in [1.29, 1.82) is 0 Å². The fraction of sp³-hybridized carbons (Fsp3) is 0.333. The van der Waals surface area contributed by atoms with Crippen LogP contribution in [-0.4, -0.2) is 15.7 Å². The maximum absolute atomic E-state index is 14.1. The number of benzene rings is 1. The van der Waals surface area contributed by atoms with Crippen molar-refractivity contribution in [3.63, 3.8) is 0 Å². The lowest BCUT2D eigenvalue weighted by Crippen LogP contribution is -2.19. The summed E-state index contributed by atoms with van der Waals surface area (Å²) in [7, 11) is 1.85. The molecule has 2 heterocycles. The summed E-state index contributed by atoms with van der Waals surface area (Å²) in [4.78, 5) is 11.4. The van der Waals surface area contributed by atoms with Gasteiger partial charge in [0.05, 0.1) is 11.4 Å². The van der Waals surface area contributed by atoms with E-state index in [2.05, 4.69) is 15.7 Å². The van der Waals surface area contributed by atoms with Gasteiger partial charge >= 0.3 is 0 Å². The van der Waals surface area contributed by atoms with Crippen LogP contribution >= 0.6 is 0 Å². The van der Waals surface area contributed by atoms with Gasteiger partial charge in [0.15, 0.2) is 0 Å². The lowest BCUT2D eigenvalue weighted by atomic mass is 10.0. The first kappa shape index (κ1) is 13.6. The van der Waals surface area contributed by atoms with Gasteiger partial charge in [0.2, 0.25) is 5.91 Å². The molecule has 0 bridgehead atoms. The number of nitrogens with one attached hydrogen (secondary N) is 2. The zero-order chi connectivity index (χ0) is 15.0. The van der Waals surface area contributed by atoms with Crippen LogP contribution in [-0.2, 0) is 24.8 Å². The Labute approximate surface area is 122 Å². The molecule has 2 aromatic rings. The molecule has 1 aromatic heterocycles. The first-order valence-corrected chi connectivity index (χ1v) is 6.88. The fourth-order valence-corrected chi connectivity index (χ4v) is 2.55. The van der Waals surface area contributed by atoms with Crippen LogP contribution in [0.3, 0.4) is 0 Å². The van der Waals surface area contributed by atoms with Gasteiger partial charge in [0.25, 0.3) is 0 Å². The van der Waals surface area contributed by atoms with Gasteiger partial charge in [-0.2, -0.15) is 5.10 Å². The molecule has 6 heteroatoms. The van der Waals surface area contributed by atoms with Crippen molar-refractivity contribution >= 4 is 17.3 Å². The summed E-state index contributed by atoms with van der Waals surface area (Å²) in [6, 6.07) is 3.15. The molecule has 0 unspecified atom stereocenters. The van der Waals surface area contributed by atoms with Gasteiger partial charge in [-0.15, -0.1) is 0 Å². The standard InChI is InChI=1S/C15H17FN4O/c1-9-11(8-20(2)19-9)7-17-14-6-13-10(5-12(14)16)3-4-15(21)18-13/h5-6,8,17H,3-4,7H2,1-2H3,(H,18,21). The molecule has 0 saturated heterocycles. The smallest absolute Gasteiger partial charge is 0.224 e. The highest BCUT2D eigenvalue weighted by molar-refractivity contribution is 5.94. The molecule has 110 valence electrons. The summed E-state index contributed by atoms with van der Waals surface area (Å²) in [5, 5.41) is 10.1. The molecule has 3 rings (SSSR count). The third-order valence-electron chi connectivity index (χ3n) is 3.67. The number of anilines is 2. The third kappa shape index (κ3) is 2.74. The van der Waals surface area contributed by atoms with E-state index in [1.54, 1.807) is 10.7 Å². The number of hydrogen-bond acceptors (Lipinski definition) is 3. The Kier molecular flexibility index (Phi) is 3.37. The molecule has 0 radical (unpaired) electrons. The maximum Gasteiger partial charge on any atom is 0.224 e. The minimum absolute atomic E-state index is 0.0249. The molecule has 0 atom stereocenters. The minimum Gasteiger partial charge on any atom is -0.378 e. The highest BCUT2D eigenvalue weighted by atomic mass is 19.1. The summed E-state index contributed by atoms with van der Waals surface area (Å²) in [5.74, 6) is -0.324. The molecule has 0 aliphatic carbocycles. The van der Waals surface area contributed by atoms with Crippen LogP contribution in [0.1, 0.15) is 23.2 Å². The number of aryl methyl sites for hydroxylation is 3. The SMILES string of the molecule is Cc1nn(C)cc1CNc1cc2c(cc1F)CCC(=O)N2. The van der Waals surface area contributed by atoms with Crippen molar-refractivity contribution in [2.45, 2.75) is 26.3 Å². The quantitative estimate of drug-likeness (QED) is 0.911. The van der Waals surface area contributed by atoms with E-state index in [4.69, 9.17) is 0 Å². The Bertz CT molecular complexity index is 708. The number of hydrogen-bond donors (Lipinski definition) is 2. The lowest BCUT2D eigenvalue weighted by molar-refractivity contribution is -0.116. The van der Waals surface area contributed by atoms with E-state index in [-0.39, 0.29) is 11.7 Å². The molecule has 2 N–H and O–H groups in total. The number of rotatable bonds is 3. The molecule has 1 aliphatic rings. The zero-order valence-corrected chi connectivity index (χ0v) is 12.0. The molecule has 1 aromatic carbocycles. The maximum atomic E-state index is 14.1. The second-order valence-electron chi connectivity index (χ2n) is 5.30. The monoisotopic (exact) mass is 288 g/mol. The predicted octanol–water partition coefficient (Wildman–Crippen LogP) is 2.36. The van der Waals surface area contributed by atoms with Crippen LogP contribution in [0.2, 0.25) is 0 Å². The van der Waals surface area contributed by atoms with Crippen LogP contribution in [0.4, 0.5) is 15.8 Å². The summed E-state index contributed by atoms with van der Waals surface area (Å²) < 4.78 is 15.8. The molecule has 1 aliphatic heterocycles. The molecular weight excluding hydrogens is 271 g/mol. The number of halogens is 1. The van der Waals surface area contributed by atoms with E-state index >= 15 is 0 Å². The van der Waals surface area contributed by atoms with Crippen molar-refractivity contribution in [1.82, 2.24) is 9.78 Å². The zero-order valence-electron chi connectivity index (χ0n) is 12.0. The topological polar surface area (TPSA) is 59.0 Å².